The van der Waals surface area contributed by atoms with E-state index in [-0.39, 0.29) is 37.2 Å². The number of amides is 3. The van der Waals surface area contributed by atoms with Crippen LogP contribution >= 0.6 is 11.8 Å². The van der Waals surface area contributed by atoms with Gasteiger partial charge in [-0.1, -0.05) is 13.8 Å². The van der Waals surface area contributed by atoms with E-state index in [2.05, 4.69) is 25.9 Å². The van der Waals surface area contributed by atoms with Crippen LogP contribution in [0.5, 0.6) is 0 Å². The molecule has 3 amide bonds. The summed E-state index contributed by atoms with van der Waals surface area (Å²) in [5.41, 5.74) is 27.1. The molecule has 14 N–H and O–H groups in total. The molecule has 4 unspecified atom stereocenters. The molecule has 0 fully saturated rings. The third-order valence-corrected chi connectivity index (χ3v) is 6.09. The van der Waals surface area contributed by atoms with E-state index in [4.69, 9.17) is 28.7 Å². The molecule has 0 spiro atoms. The standard InChI is InChI=1S/C23H46N10O5S/c1-13(2)12-17(33-18(34)14(24)6-4-9-29-22(25)26)20(36)31-15(8-11-39-3)19(35)32-16(21(37)38)7-5-10-30-23(27)28/h13-17H,4-12,24H2,1-3H3,(H,31,36)(H,32,35)(H,33,34)(H,37,38)(H4,25,26,29)(H4,27,28,30). The summed E-state index contributed by atoms with van der Waals surface area (Å²) in [5, 5.41) is 17.4. The van der Waals surface area contributed by atoms with E-state index >= 15 is 0 Å². The summed E-state index contributed by atoms with van der Waals surface area (Å²) in [6.07, 6.45) is 3.60. The number of nitrogens with one attached hydrogen (secondary N) is 3. The van der Waals surface area contributed by atoms with Gasteiger partial charge >= 0.3 is 5.97 Å². The number of hydrogen-bond donors (Lipinski definition) is 9. The predicted octanol–water partition coefficient (Wildman–Crippen LogP) is -2.24. The van der Waals surface area contributed by atoms with Gasteiger partial charge < -0.3 is 49.7 Å². The van der Waals surface area contributed by atoms with Crippen LogP contribution in [0.2, 0.25) is 0 Å². The second-order valence-electron chi connectivity index (χ2n) is 9.44. The second-order valence-corrected chi connectivity index (χ2v) is 10.4. The Kier molecular flexibility index (Phi) is 18.1. The molecule has 16 heteroatoms. The van der Waals surface area contributed by atoms with Crippen LogP contribution in [0.1, 0.15) is 52.4 Å². The number of hydrogen-bond acceptors (Lipinski definition) is 8. The Labute approximate surface area is 233 Å². The lowest BCUT2D eigenvalue weighted by atomic mass is 10.0. The topological polar surface area (TPSA) is 279 Å². The first-order valence-electron chi connectivity index (χ1n) is 12.8. The fourth-order valence-electron chi connectivity index (χ4n) is 3.44. The van der Waals surface area contributed by atoms with Crippen molar-refractivity contribution in [3.8, 4) is 0 Å². The van der Waals surface area contributed by atoms with Crippen LogP contribution in [0.3, 0.4) is 0 Å². The SMILES string of the molecule is CSCCC(NC(=O)C(CC(C)C)NC(=O)C(N)CCCN=C(N)N)C(=O)NC(CCCN=C(N)N)C(=O)O. The lowest BCUT2D eigenvalue weighted by Crippen LogP contribution is -2.57. The minimum absolute atomic E-state index is 0.0409. The van der Waals surface area contributed by atoms with Crippen LogP contribution < -0.4 is 44.6 Å². The van der Waals surface area contributed by atoms with Crippen molar-refractivity contribution in [2.45, 2.75) is 76.5 Å². The molecule has 0 saturated carbocycles. The molecule has 39 heavy (non-hydrogen) atoms. The van der Waals surface area contributed by atoms with E-state index < -0.39 is 47.9 Å². The van der Waals surface area contributed by atoms with Crippen molar-refractivity contribution in [2.75, 3.05) is 25.1 Å². The van der Waals surface area contributed by atoms with E-state index in [1.54, 1.807) is 0 Å². The maximum atomic E-state index is 13.2. The highest BCUT2D eigenvalue weighted by molar-refractivity contribution is 7.98. The highest BCUT2D eigenvalue weighted by atomic mass is 32.2. The van der Waals surface area contributed by atoms with Gasteiger partial charge in [0.15, 0.2) is 11.9 Å². The summed E-state index contributed by atoms with van der Waals surface area (Å²) in [5.74, 6) is -2.53. The monoisotopic (exact) mass is 574 g/mol. The number of thioether (sulfide) groups is 1. The van der Waals surface area contributed by atoms with Crippen molar-refractivity contribution in [2.24, 2.45) is 44.6 Å². The summed E-state index contributed by atoms with van der Waals surface area (Å²) >= 11 is 1.47. The highest BCUT2D eigenvalue weighted by Crippen LogP contribution is 2.09. The quantitative estimate of drug-likeness (QED) is 0.0425. The van der Waals surface area contributed by atoms with Gasteiger partial charge in [-0.2, -0.15) is 11.8 Å². The van der Waals surface area contributed by atoms with Crippen LogP contribution in [0.25, 0.3) is 0 Å². The van der Waals surface area contributed by atoms with E-state index in [1.807, 2.05) is 20.1 Å². The second kappa shape index (κ2) is 19.7. The summed E-state index contributed by atoms with van der Waals surface area (Å²) in [4.78, 5) is 58.2. The first kappa shape index (κ1) is 35.7. The smallest absolute Gasteiger partial charge is 0.326 e. The number of nitrogens with two attached hydrogens (primary N) is 5. The van der Waals surface area contributed by atoms with Crippen LogP contribution in [-0.4, -0.2) is 90.0 Å². The third kappa shape index (κ3) is 17.0. The maximum Gasteiger partial charge on any atom is 0.326 e. The first-order chi connectivity index (χ1) is 18.3. The average Bonchev–Trinajstić information content (AvgIpc) is 2.84. The number of carboxylic acids is 1. The normalized spacial score (nSPS) is 13.9. The van der Waals surface area contributed by atoms with Crippen molar-refractivity contribution in [1.82, 2.24) is 16.0 Å². The number of guanidine groups is 2. The minimum Gasteiger partial charge on any atom is -0.480 e. The number of aliphatic carboxylic acids is 1. The lowest BCUT2D eigenvalue weighted by Gasteiger charge is -2.26. The highest BCUT2D eigenvalue weighted by Gasteiger charge is 2.30. The fourth-order valence-corrected chi connectivity index (χ4v) is 3.91. The van der Waals surface area contributed by atoms with Crippen molar-refractivity contribution in [3.63, 3.8) is 0 Å². The molecular formula is C23H46N10O5S. The molecule has 0 aromatic heterocycles. The van der Waals surface area contributed by atoms with Gasteiger partial charge in [-0.25, -0.2) is 4.79 Å². The van der Waals surface area contributed by atoms with Gasteiger partial charge in [0.2, 0.25) is 17.7 Å². The number of carboxylic acid groups (broad SMARTS) is 1. The molecular weight excluding hydrogens is 528 g/mol. The van der Waals surface area contributed by atoms with Gasteiger partial charge in [-0.15, -0.1) is 0 Å². The van der Waals surface area contributed by atoms with Crippen molar-refractivity contribution >= 4 is 47.4 Å². The van der Waals surface area contributed by atoms with Gasteiger partial charge in [0.25, 0.3) is 0 Å². The minimum atomic E-state index is -1.22. The zero-order valence-electron chi connectivity index (χ0n) is 23.0. The molecule has 0 aliphatic carbocycles. The van der Waals surface area contributed by atoms with Gasteiger partial charge in [0, 0.05) is 13.1 Å². The summed E-state index contributed by atoms with van der Waals surface area (Å²) in [6.45, 7) is 4.30. The molecule has 0 aromatic rings. The zero-order chi connectivity index (χ0) is 30.0. The van der Waals surface area contributed by atoms with Gasteiger partial charge in [0.1, 0.15) is 18.1 Å². The number of rotatable bonds is 20. The van der Waals surface area contributed by atoms with Crippen molar-refractivity contribution in [1.29, 1.82) is 0 Å². The van der Waals surface area contributed by atoms with Gasteiger partial charge in [0.05, 0.1) is 6.04 Å². The molecule has 15 nitrogen and oxygen atoms in total. The molecule has 224 valence electrons. The van der Waals surface area contributed by atoms with Crippen LogP contribution in [0.15, 0.2) is 9.98 Å². The fraction of sp³-hybridized carbons (Fsp3) is 0.739. The van der Waals surface area contributed by atoms with Crippen molar-refractivity contribution < 1.29 is 24.3 Å². The van der Waals surface area contributed by atoms with E-state index in [0.717, 1.165) is 0 Å². The Morgan fingerprint density at radius 2 is 1.26 bits per heavy atom. The molecule has 4 atom stereocenters. The number of aliphatic imine (C=N–C) groups is 2. The number of nitrogens with zero attached hydrogens (tertiary/aromatic N) is 2. The Balaban J connectivity index is 5.38. The number of carbonyl (C=O) groups is 4. The molecule has 0 heterocycles. The Bertz CT molecular complexity index is 847. The largest absolute Gasteiger partial charge is 0.480 e. The molecule has 0 aromatic carbocycles. The maximum absolute atomic E-state index is 13.2. The Morgan fingerprint density at radius 3 is 1.74 bits per heavy atom. The van der Waals surface area contributed by atoms with E-state index in [0.29, 0.717) is 38.0 Å². The van der Waals surface area contributed by atoms with E-state index in [9.17, 15) is 24.3 Å². The Hall–Kier alpha value is -3.27. The van der Waals surface area contributed by atoms with Crippen LogP contribution in [0, 0.1) is 5.92 Å². The van der Waals surface area contributed by atoms with Crippen LogP contribution in [-0.2, 0) is 19.2 Å². The van der Waals surface area contributed by atoms with Crippen LogP contribution in [0.4, 0.5) is 0 Å². The van der Waals surface area contributed by atoms with Gasteiger partial charge in [-0.3, -0.25) is 24.4 Å². The molecule has 0 bridgehead atoms. The summed E-state index contributed by atoms with van der Waals surface area (Å²) in [6, 6.07) is -4.03. The summed E-state index contributed by atoms with van der Waals surface area (Å²) < 4.78 is 0. The molecule has 0 radical (unpaired) electrons. The van der Waals surface area contributed by atoms with E-state index in [1.165, 1.54) is 11.8 Å². The van der Waals surface area contributed by atoms with Gasteiger partial charge in [-0.05, 0) is 56.5 Å². The molecule has 0 aliphatic rings. The lowest BCUT2D eigenvalue weighted by molar-refractivity contribution is -0.142. The average molecular weight is 575 g/mol. The zero-order valence-corrected chi connectivity index (χ0v) is 23.8. The molecule has 0 saturated heterocycles. The predicted molar refractivity (Wildman–Crippen MR) is 154 cm³/mol. The molecule has 0 rings (SSSR count). The van der Waals surface area contributed by atoms with Crippen molar-refractivity contribution in [3.05, 3.63) is 0 Å². The molecule has 0 aliphatic heterocycles. The third-order valence-electron chi connectivity index (χ3n) is 5.45. The first-order valence-corrected chi connectivity index (χ1v) is 14.2. The number of carbonyl (C=O) groups excluding carboxylic acids is 3. The summed E-state index contributed by atoms with van der Waals surface area (Å²) in [7, 11) is 0. The Morgan fingerprint density at radius 1 is 0.769 bits per heavy atom.